The summed E-state index contributed by atoms with van der Waals surface area (Å²) in [5.74, 6) is 0.0506. The van der Waals surface area contributed by atoms with Crippen molar-refractivity contribution in [3.63, 3.8) is 0 Å². The number of hydrogen-bond donors (Lipinski definition) is 0. The summed E-state index contributed by atoms with van der Waals surface area (Å²) in [6.45, 7) is 0.432. The van der Waals surface area contributed by atoms with Crippen LogP contribution in [-0.4, -0.2) is 30.6 Å². The van der Waals surface area contributed by atoms with Gasteiger partial charge in [0, 0.05) is 6.07 Å². The highest BCUT2D eigenvalue weighted by Crippen LogP contribution is 2.18. The molecular weight excluding hydrogens is 272 g/mol. The number of methoxy groups -OCH3 is 1. The van der Waals surface area contributed by atoms with Crippen LogP contribution in [0.1, 0.15) is 16.9 Å². The normalized spacial score (nSPS) is 10.7. The number of nitriles is 1. The molecule has 7 heteroatoms. The first kappa shape index (κ1) is 14.5. The quantitative estimate of drug-likeness (QED) is 0.343. The van der Waals surface area contributed by atoms with Gasteiger partial charge in [0.2, 0.25) is 0 Å². The van der Waals surface area contributed by atoms with Gasteiger partial charge in [0.05, 0.1) is 25.8 Å². The number of aromatic nitrogens is 2. The van der Waals surface area contributed by atoms with Gasteiger partial charge in [-0.2, -0.15) is 14.2 Å². The molecule has 0 aliphatic heterocycles. The van der Waals surface area contributed by atoms with Crippen molar-refractivity contribution >= 4 is 17.6 Å². The molecular formula is C14H15N4O3+. The maximum Gasteiger partial charge on any atom is 0.337 e. The van der Waals surface area contributed by atoms with E-state index in [1.807, 2.05) is 18.2 Å². The van der Waals surface area contributed by atoms with Gasteiger partial charge in [0.1, 0.15) is 19.9 Å². The Morgan fingerprint density at radius 1 is 1.52 bits per heavy atom. The average Bonchev–Trinajstić information content (AvgIpc) is 2.84. The van der Waals surface area contributed by atoms with Gasteiger partial charge < -0.3 is 9.57 Å². The average molecular weight is 287 g/mol. The molecule has 108 valence electrons. The van der Waals surface area contributed by atoms with Gasteiger partial charge in [-0.1, -0.05) is 11.2 Å². The number of aryl methyl sites for hydroxylation is 1. The zero-order chi connectivity index (χ0) is 15.2. The fraction of sp³-hybridized carbons (Fsp3) is 0.286. The van der Waals surface area contributed by atoms with Crippen molar-refractivity contribution in [1.29, 1.82) is 5.26 Å². The van der Waals surface area contributed by atoms with Crippen LogP contribution in [0.5, 0.6) is 5.88 Å². The van der Waals surface area contributed by atoms with Crippen LogP contribution in [0, 0.1) is 11.3 Å². The van der Waals surface area contributed by atoms with E-state index in [1.54, 1.807) is 15.2 Å². The topological polar surface area (TPSA) is 80.0 Å². The molecule has 2 aromatic heterocycles. The molecule has 0 unspecified atom stereocenters. The SMILES string of the molecule is CO/N=C/C(=O)c1c(OC)[n+](CCC#N)c2ccccn12. The highest BCUT2D eigenvalue weighted by molar-refractivity contribution is 6.35. The first-order valence-corrected chi connectivity index (χ1v) is 6.29. The number of nitrogens with zero attached hydrogens (tertiary/aromatic N) is 4. The molecule has 2 heterocycles. The van der Waals surface area contributed by atoms with E-state index in [2.05, 4.69) is 16.1 Å². The summed E-state index contributed by atoms with van der Waals surface area (Å²) in [6.07, 6.45) is 3.16. The third-order valence-corrected chi connectivity index (χ3v) is 2.95. The standard InChI is InChI=1S/C14H15N4O3/c1-20-14-13(11(19)10-16-21-2)17-8-4-3-6-12(17)18(14)9-5-7-15/h3-4,6,8,10H,5,9H2,1-2H3/q+1/b16-10+. The number of rotatable bonds is 6. The predicted molar refractivity (Wildman–Crippen MR) is 74.2 cm³/mol. The predicted octanol–water partition coefficient (Wildman–Crippen LogP) is 0.964. The molecule has 0 bridgehead atoms. The summed E-state index contributed by atoms with van der Waals surface area (Å²) >= 11 is 0. The van der Waals surface area contributed by atoms with Crippen molar-refractivity contribution in [2.75, 3.05) is 14.2 Å². The van der Waals surface area contributed by atoms with E-state index in [4.69, 9.17) is 10.00 Å². The minimum Gasteiger partial charge on any atom is -0.462 e. The second-order valence-electron chi connectivity index (χ2n) is 4.13. The van der Waals surface area contributed by atoms with Crippen LogP contribution in [0.2, 0.25) is 0 Å². The minimum atomic E-state index is -0.342. The maximum absolute atomic E-state index is 12.3. The first-order valence-electron chi connectivity index (χ1n) is 6.29. The van der Waals surface area contributed by atoms with Gasteiger partial charge in [0.15, 0.2) is 0 Å². The van der Waals surface area contributed by atoms with Crippen LogP contribution in [0.15, 0.2) is 29.6 Å². The number of imidazole rings is 1. The summed E-state index contributed by atoms with van der Waals surface area (Å²) in [5.41, 5.74) is 1.10. The largest absolute Gasteiger partial charge is 0.462 e. The number of ketones is 1. The summed E-state index contributed by atoms with van der Waals surface area (Å²) in [7, 11) is 2.85. The smallest absolute Gasteiger partial charge is 0.337 e. The maximum atomic E-state index is 12.3. The molecule has 0 aliphatic carbocycles. The summed E-state index contributed by atoms with van der Waals surface area (Å²) in [6, 6.07) is 7.61. The Kier molecular flexibility index (Phi) is 4.51. The number of carbonyl (C=O) groups is 1. The van der Waals surface area contributed by atoms with Gasteiger partial charge in [-0.15, -0.1) is 0 Å². The van der Waals surface area contributed by atoms with E-state index in [9.17, 15) is 4.79 Å². The van der Waals surface area contributed by atoms with Crippen LogP contribution in [0.3, 0.4) is 0 Å². The number of oxime groups is 1. The molecule has 0 amide bonds. The van der Waals surface area contributed by atoms with E-state index in [-0.39, 0.29) is 5.78 Å². The third kappa shape index (κ3) is 2.69. The number of fused-ring (bicyclic) bond motifs is 1. The Morgan fingerprint density at radius 3 is 3.00 bits per heavy atom. The van der Waals surface area contributed by atoms with E-state index in [0.717, 1.165) is 11.9 Å². The number of pyridine rings is 1. The molecule has 0 radical (unpaired) electrons. The lowest BCUT2D eigenvalue weighted by molar-refractivity contribution is -0.674. The van der Waals surface area contributed by atoms with Crippen molar-refractivity contribution in [3.05, 3.63) is 30.1 Å². The van der Waals surface area contributed by atoms with Gasteiger partial charge in [-0.25, -0.2) is 0 Å². The van der Waals surface area contributed by atoms with Crippen LogP contribution in [0.25, 0.3) is 5.65 Å². The molecule has 0 spiro atoms. The Bertz CT molecular complexity index is 728. The Hall–Kier alpha value is -2.88. The van der Waals surface area contributed by atoms with E-state index < -0.39 is 0 Å². The van der Waals surface area contributed by atoms with E-state index >= 15 is 0 Å². The highest BCUT2D eigenvalue weighted by Gasteiger charge is 2.30. The lowest BCUT2D eigenvalue weighted by atomic mass is 10.3. The van der Waals surface area contributed by atoms with Crippen LogP contribution in [0.4, 0.5) is 0 Å². The molecule has 0 fully saturated rings. The van der Waals surface area contributed by atoms with Crippen molar-refractivity contribution in [1.82, 2.24) is 4.40 Å². The zero-order valence-electron chi connectivity index (χ0n) is 11.8. The van der Waals surface area contributed by atoms with Crippen LogP contribution < -0.4 is 9.30 Å². The molecule has 0 aromatic carbocycles. The number of hydrogen-bond acceptors (Lipinski definition) is 5. The lowest BCUT2D eigenvalue weighted by Gasteiger charge is -1.98. The second kappa shape index (κ2) is 6.52. The highest BCUT2D eigenvalue weighted by atomic mass is 16.6. The second-order valence-corrected chi connectivity index (χ2v) is 4.13. The molecule has 21 heavy (non-hydrogen) atoms. The summed E-state index contributed by atoms with van der Waals surface area (Å²) in [5, 5.41) is 12.3. The number of ether oxygens (including phenoxy) is 1. The minimum absolute atomic E-state index is 0.315. The Morgan fingerprint density at radius 2 is 2.33 bits per heavy atom. The van der Waals surface area contributed by atoms with Crippen molar-refractivity contribution in [3.8, 4) is 11.9 Å². The summed E-state index contributed by atoms with van der Waals surface area (Å²) in [4.78, 5) is 16.8. The van der Waals surface area contributed by atoms with Crippen LogP contribution in [-0.2, 0) is 11.4 Å². The first-order chi connectivity index (χ1) is 10.2. The van der Waals surface area contributed by atoms with Gasteiger partial charge in [0.25, 0.3) is 17.1 Å². The Labute approximate surface area is 121 Å². The zero-order valence-corrected chi connectivity index (χ0v) is 11.8. The number of Topliss-reactive ketones (excluding diaryl/α,β-unsaturated/α-hetero) is 1. The monoisotopic (exact) mass is 287 g/mol. The molecule has 2 rings (SSSR count). The van der Waals surface area contributed by atoms with Gasteiger partial charge in [-0.3, -0.25) is 4.79 Å². The molecule has 0 atom stereocenters. The molecule has 0 aliphatic rings. The third-order valence-electron chi connectivity index (χ3n) is 2.95. The lowest BCUT2D eigenvalue weighted by Crippen LogP contribution is -2.34. The van der Waals surface area contributed by atoms with E-state index in [1.165, 1.54) is 14.2 Å². The Balaban J connectivity index is 2.65. The van der Waals surface area contributed by atoms with Gasteiger partial charge >= 0.3 is 5.88 Å². The van der Waals surface area contributed by atoms with Crippen molar-refractivity contribution in [2.45, 2.75) is 13.0 Å². The fourth-order valence-electron chi connectivity index (χ4n) is 2.15. The van der Waals surface area contributed by atoms with Crippen molar-refractivity contribution < 1.29 is 18.9 Å². The van der Waals surface area contributed by atoms with Gasteiger partial charge in [-0.05, 0) is 6.07 Å². The summed E-state index contributed by atoms with van der Waals surface area (Å²) < 4.78 is 8.87. The van der Waals surface area contributed by atoms with E-state index in [0.29, 0.717) is 24.5 Å². The molecule has 7 nitrogen and oxygen atoms in total. The molecule has 0 saturated carbocycles. The number of carbonyl (C=O) groups excluding carboxylic acids is 1. The fourth-order valence-corrected chi connectivity index (χ4v) is 2.15. The molecule has 0 saturated heterocycles. The molecule has 2 aromatic rings. The van der Waals surface area contributed by atoms with Crippen LogP contribution >= 0.6 is 0 Å². The van der Waals surface area contributed by atoms with Crippen molar-refractivity contribution in [2.24, 2.45) is 5.16 Å². The molecule has 0 N–H and O–H groups in total.